The van der Waals surface area contributed by atoms with Gasteiger partial charge in [-0.05, 0) is 24.6 Å². The summed E-state index contributed by atoms with van der Waals surface area (Å²) in [7, 11) is 0. The first-order valence-corrected chi connectivity index (χ1v) is 6.21. The average molecular weight is 265 g/mol. The summed E-state index contributed by atoms with van der Waals surface area (Å²) in [5, 5.41) is 11.7. The molecule has 2 N–H and O–H groups in total. The summed E-state index contributed by atoms with van der Waals surface area (Å²) in [5.74, 6) is -1.07. The highest BCUT2D eigenvalue weighted by Gasteiger charge is 2.23. The molecule has 5 nitrogen and oxygen atoms in total. The molecule has 0 aliphatic heterocycles. The number of nitrogens with one attached hydrogen (secondary N) is 1. The molecule has 0 aromatic heterocycles. The van der Waals surface area contributed by atoms with Crippen LogP contribution in [0.3, 0.4) is 0 Å². The Balaban J connectivity index is 2.96. The van der Waals surface area contributed by atoms with Gasteiger partial charge in [0, 0.05) is 5.92 Å². The molecule has 1 amide bonds. The second-order valence-electron chi connectivity index (χ2n) is 4.44. The monoisotopic (exact) mass is 265 g/mol. The van der Waals surface area contributed by atoms with E-state index in [1.54, 1.807) is 38.1 Å². The van der Waals surface area contributed by atoms with Gasteiger partial charge in [-0.3, -0.25) is 4.79 Å². The third kappa shape index (κ3) is 4.28. The van der Waals surface area contributed by atoms with Crippen LogP contribution in [0.1, 0.15) is 32.4 Å². The predicted octanol–water partition coefficient (Wildman–Crippen LogP) is 1.98. The minimum Gasteiger partial charge on any atom is -0.494 e. The van der Waals surface area contributed by atoms with Crippen LogP contribution in [0.15, 0.2) is 24.3 Å². The highest BCUT2D eigenvalue weighted by Crippen LogP contribution is 2.20. The number of carboxylic acid groups (broad SMARTS) is 1. The molecule has 0 spiro atoms. The van der Waals surface area contributed by atoms with Crippen LogP contribution < -0.4 is 10.1 Å². The average Bonchev–Trinajstić information content (AvgIpc) is 2.35. The van der Waals surface area contributed by atoms with Crippen molar-refractivity contribution in [3.8, 4) is 5.75 Å². The van der Waals surface area contributed by atoms with E-state index in [-0.39, 0.29) is 11.8 Å². The van der Waals surface area contributed by atoms with Crippen molar-refractivity contribution in [2.45, 2.75) is 26.8 Å². The minimum absolute atomic E-state index is 0.267. The Morgan fingerprint density at radius 1 is 1.37 bits per heavy atom. The van der Waals surface area contributed by atoms with E-state index in [9.17, 15) is 14.7 Å². The second-order valence-corrected chi connectivity index (χ2v) is 4.44. The smallest absolute Gasteiger partial charge is 0.330 e. The van der Waals surface area contributed by atoms with Gasteiger partial charge in [0.05, 0.1) is 6.61 Å². The molecule has 1 unspecified atom stereocenters. The molecule has 0 saturated carbocycles. The normalized spacial score (nSPS) is 12.0. The first-order chi connectivity index (χ1) is 8.95. The van der Waals surface area contributed by atoms with Crippen molar-refractivity contribution in [3.63, 3.8) is 0 Å². The van der Waals surface area contributed by atoms with Crippen LogP contribution in [-0.2, 0) is 9.59 Å². The minimum atomic E-state index is -1.09. The van der Waals surface area contributed by atoms with Gasteiger partial charge >= 0.3 is 5.97 Å². The largest absolute Gasteiger partial charge is 0.494 e. The first kappa shape index (κ1) is 15.0. The van der Waals surface area contributed by atoms with Gasteiger partial charge in [0.1, 0.15) is 5.75 Å². The van der Waals surface area contributed by atoms with E-state index >= 15 is 0 Å². The van der Waals surface area contributed by atoms with Crippen LogP contribution in [0.5, 0.6) is 5.75 Å². The molecule has 19 heavy (non-hydrogen) atoms. The van der Waals surface area contributed by atoms with E-state index < -0.39 is 12.0 Å². The van der Waals surface area contributed by atoms with E-state index in [0.29, 0.717) is 17.9 Å². The summed E-state index contributed by atoms with van der Waals surface area (Å²) < 4.78 is 5.32. The summed E-state index contributed by atoms with van der Waals surface area (Å²) >= 11 is 0. The number of benzene rings is 1. The topological polar surface area (TPSA) is 75.6 Å². The fourth-order valence-electron chi connectivity index (χ4n) is 1.55. The van der Waals surface area contributed by atoms with Gasteiger partial charge < -0.3 is 15.2 Å². The molecule has 1 aromatic rings. The number of hydrogen-bond acceptors (Lipinski definition) is 3. The lowest BCUT2D eigenvalue weighted by molar-refractivity contribution is -0.142. The van der Waals surface area contributed by atoms with Crippen LogP contribution in [0, 0.1) is 5.92 Å². The zero-order chi connectivity index (χ0) is 14.4. The first-order valence-electron chi connectivity index (χ1n) is 6.21. The van der Waals surface area contributed by atoms with E-state index in [0.717, 1.165) is 0 Å². The number of aliphatic carboxylic acids is 1. The molecule has 1 atom stereocenters. The zero-order valence-electron chi connectivity index (χ0n) is 11.3. The Morgan fingerprint density at radius 3 is 2.58 bits per heavy atom. The van der Waals surface area contributed by atoms with E-state index in [2.05, 4.69) is 5.32 Å². The van der Waals surface area contributed by atoms with Crippen molar-refractivity contribution < 1.29 is 19.4 Å². The summed E-state index contributed by atoms with van der Waals surface area (Å²) in [5.41, 5.74) is 0.493. The van der Waals surface area contributed by atoms with Crippen molar-refractivity contribution in [1.29, 1.82) is 0 Å². The lowest BCUT2D eigenvalue weighted by Crippen LogP contribution is -2.36. The third-order valence-electron chi connectivity index (χ3n) is 2.56. The van der Waals surface area contributed by atoms with Gasteiger partial charge in [-0.2, -0.15) is 0 Å². The van der Waals surface area contributed by atoms with Gasteiger partial charge in [-0.1, -0.05) is 26.0 Å². The van der Waals surface area contributed by atoms with Crippen molar-refractivity contribution >= 4 is 11.9 Å². The van der Waals surface area contributed by atoms with Crippen molar-refractivity contribution in [2.75, 3.05) is 6.61 Å². The fraction of sp³-hybridized carbons (Fsp3) is 0.429. The molecule has 0 fully saturated rings. The van der Waals surface area contributed by atoms with Gasteiger partial charge in [0.2, 0.25) is 5.91 Å². The highest BCUT2D eigenvalue weighted by atomic mass is 16.5. The SMILES string of the molecule is CCOc1cccc(C(NC(=O)C(C)C)C(=O)O)c1. The van der Waals surface area contributed by atoms with E-state index in [1.807, 2.05) is 6.92 Å². The number of rotatable bonds is 6. The van der Waals surface area contributed by atoms with E-state index in [4.69, 9.17) is 4.74 Å². The second kappa shape index (κ2) is 6.78. The van der Waals surface area contributed by atoms with Gasteiger partial charge in [-0.15, -0.1) is 0 Å². The van der Waals surface area contributed by atoms with Crippen molar-refractivity contribution in [2.24, 2.45) is 5.92 Å². The molecule has 0 aliphatic carbocycles. The van der Waals surface area contributed by atoms with Crippen LogP contribution in [0.25, 0.3) is 0 Å². The van der Waals surface area contributed by atoms with Gasteiger partial charge in [0.15, 0.2) is 6.04 Å². The number of carboxylic acids is 1. The van der Waals surface area contributed by atoms with Crippen LogP contribution in [0.4, 0.5) is 0 Å². The molecule has 0 aliphatic rings. The quantitative estimate of drug-likeness (QED) is 0.824. The van der Waals surface area contributed by atoms with Crippen molar-refractivity contribution in [3.05, 3.63) is 29.8 Å². The molecule has 5 heteroatoms. The molecule has 1 aromatic carbocycles. The Bertz CT molecular complexity index is 457. The van der Waals surface area contributed by atoms with Gasteiger partial charge in [0.25, 0.3) is 0 Å². The molecule has 0 bridgehead atoms. The Kier molecular flexibility index (Phi) is 5.36. The number of amides is 1. The fourth-order valence-corrected chi connectivity index (χ4v) is 1.55. The summed E-state index contributed by atoms with van der Waals surface area (Å²) in [6, 6.07) is 5.68. The lowest BCUT2D eigenvalue weighted by atomic mass is 10.1. The number of carbonyl (C=O) groups excluding carboxylic acids is 1. The Hall–Kier alpha value is -2.04. The maximum atomic E-state index is 11.6. The molecular formula is C14H19NO4. The van der Waals surface area contributed by atoms with E-state index in [1.165, 1.54) is 0 Å². The molecule has 0 saturated heterocycles. The maximum absolute atomic E-state index is 11.6. The predicted molar refractivity (Wildman–Crippen MR) is 71.0 cm³/mol. The molecule has 1 rings (SSSR count). The lowest BCUT2D eigenvalue weighted by Gasteiger charge is -2.17. The molecular weight excluding hydrogens is 246 g/mol. The zero-order valence-corrected chi connectivity index (χ0v) is 11.3. The van der Waals surface area contributed by atoms with Crippen molar-refractivity contribution in [1.82, 2.24) is 5.32 Å². The number of hydrogen-bond donors (Lipinski definition) is 2. The van der Waals surface area contributed by atoms with Crippen LogP contribution >= 0.6 is 0 Å². The van der Waals surface area contributed by atoms with Gasteiger partial charge in [-0.25, -0.2) is 4.79 Å². The summed E-state index contributed by atoms with van der Waals surface area (Å²) in [4.78, 5) is 22.9. The Morgan fingerprint density at radius 2 is 2.05 bits per heavy atom. The van der Waals surface area contributed by atoms with Crippen LogP contribution in [-0.4, -0.2) is 23.6 Å². The third-order valence-corrected chi connectivity index (χ3v) is 2.56. The maximum Gasteiger partial charge on any atom is 0.330 e. The highest BCUT2D eigenvalue weighted by molar-refractivity contribution is 5.85. The standard InChI is InChI=1S/C14H19NO4/c1-4-19-11-7-5-6-10(8-11)12(14(17)18)15-13(16)9(2)3/h5-9,12H,4H2,1-3H3,(H,15,16)(H,17,18). The molecule has 0 radical (unpaired) electrons. The Labute approximate surface area is 112 Å². The van der Waals surface area contributed by atoms with Crippen LogP contribution in [0.2, 0.25) is 0 Å². The molecule has 0 heterocycles. The summed E-state index contributed by atoms with van der Waals surface area (Å²) in [6.45, 7) is 5.77. The number of ether oxygens (including phenoxy) is 1. The molecule has 104 valence electrons. The number of carbonyl (C=O) groups is 2. The summed E-state index contributed by atoms with van der Waals surface area (Å²) in [6.07, 6.45) is 0.